The summed E-state index contributed by atoms with van der Waals surface area (Å²) in [5, 5.41) is 3.14. The zero-order valence-corrected chi connectivity index (χ0v) is 18.4. The highest BCUT2D eigenvalue weighted by Crippen LogP contribution is 2.29. The monoisotopic (exact) mass is 424 g/mol. The number of piperidine rings is 1. The number of hydrogen-bond acceptors (Lipinski definition) is 5. The number of nitrogens with zero attached hydrogens (tertiary/aromatic N) is 1. The van der Waals surface area contributed by atoms with E-state index in [1.54, 1.807) is 38.3 Å². The fraction of sp³-hybridized carbons (Fsp3) is 0.440. The first-order chi connectivity index (χ1) is 15.1. The average Bonchev–Trinajstić information content (AvgIpc) is 2.80. The minimum atomic E-state index is -0.354. The first-order valence-electron chi connectivity index (χ1n) is 11.0. The summed E-state index contributed by atoms with van der Waals surface area (Å²) in [5.74, 6) is -0.438. The molecule has 1 atom stereocenters. The van der Waals surface area contributed by atoms with Crippen LogP contribution in [0.1, 0.15) is 53.7 Å². The van der Waals surface area contributed by atoms with Crippen LogP contribution in [0.5, 0.6) is 0 Å². The normalized spacial score (nSPS) is 14.7. The van der Waals surface area contributed by atoms with Crippen molar-refractivity contribution in [2.45, 2.75) is 38.6 Å². The summed E-state index contributed by atoms with van der Waals surface area (Å²) in [6.45, 7) is 4.59. The third kappa shape index (κ3) is 6.31. The molecule has 1 unspecified atom stereocenters. The Bertz CT molecular complexity index is 860. The summed E-state index contributed by atoms with van der Waals surface area (Å²) < 4.78 is 10.4. The number of nitrogens with one attached hydrogen (secondary N) is 1. The quantitative estimate of drug-likeness (QED) is 0.619. The molecule has 0 aliphatic carbocycles. The highest BCUT2D eigenvalue weighted by molar-refractivity contribution is 5.89. The van der Waals surface area contributed by atoms with Crippen LogP contribution in [0, 0.1) is 0 Å². The molecule has 0 radical (unpaired) electrons. The second kappa shape index (κ2) is 11.5. The van der Waals surface area contributed by atoms with Gasteiger partial charge in [-0.15, -0.1) is 0 Å². The van der Waals surface area contributed by atoms with Gasteiger partial charge < -0.3 is 19.7 Å². The lowest BCUT2D eigenvalue weighted by Crippen LogP contribution is -2.35. The molecule has 1 amide bonds. The zero-order chi connectivity index (χ0) is 22.1. The van der Waals surface area contributed by atoms with Gasteiger partial charge in [0.25, 0.3) is 0 Å². The molecule has 1 saturated heterocycles. The van der Waals surface area contributed by atoms with Crippen molar-refractivity contribution in [3.63, 3.8) is 0 Å². The number of carbonyl (C=O) groups is 2. The average molecular weight is 425 g/mol. The maximum Gasteiger partial charge on any atom is 0.338 e. The Labute approximate surface area is 184 Å². The van der Waals surface area contributed by atoms with Crippen LogP contribution in [0.25, 0.3) is 0 Å². The molecule has 0 bridgehead atoms. The molecule has 1 aliphatic rings. The number of anilines is 1. The first-order valence-corrected chi connectivity index (χ1v) is 11.0. The van der Waals surface area contributed by atoms with Gasteiger partial charge in [0.2, 0.25) is 5.91 Å². The maximum atomic E-state index is 12.8. The molecular weight excluding hydrogens is 392 g/mol. The van der Waals surface area contributed by atoms with Gasteiger partial charge in [-0.2, -0.15) is 0 Å². The molecule has 6 heteroatoms. The number of amides is 1. The van der Waals surface area contributed by atoms with E-state index >= 15 is 0 Å². The second-order valence-corrected chi connectivity index (χ2v) is 7.78. The van der Waals surface area contributed by atoms with Gasteiger partial charge in [-0.1, -0.05) is 30.3 Å². The fourth-order valence-electron chi connectivity index (χ4n) is 3.98. The molecule has 3 rings (SSSR count). The fourth-order valence-corrected chi connectivity index (χ4v) is 3.98. The molecule has 2 aromatic carbocycles. The minimum absolute atomic E-state index is 0.0839. The number of methoxy groups -OCH3 is 1. The Morgan fingerprint density at radius 3 is 2.42 bits per heavy atom. The van der Waals surface area contributed by atoms with Crippen molar-refractivity contribution in [2.24, 2.45) is 0 Å². The molecule has 1 N–H and O–H groups in total. The molecule has 0 saturated carbocycles. The molecular formula is C25H32N2O4. The molecule has 2 aromatic rings. The zero-order valence-electron chi connectivity index (χ0n) is 18.4. The lowest BCUT2D eigenvalue weighted by Gasteiger charge is -2.32. The van der Waals surface area contributed by atoms with Crippen molar-refractivity contribution in [2.75, 3.05) is 38.3 Å². The smallest absolute Gasteiger partial charge is 0.338 e. The molecule has 0 aromatic heterocycles. The van der Waals surface area contributed by atoms with Crippen LogP contribution in [0.4, 0.5) is 5.69 Å². The summed E-state index contributed by atoms with van der Waals surface area (Å²) in [6, 6.07) is 15.0. The standard InChI is InChI=1S/C25H32N2O4/c1-3-31-25(29)20-13-11-19(12-14-20)17-24(28)26-22(18-30-2)21-9-5-6-10-23(21)27-15-7-4-8-16-27/h5-6,9-14,22H,3-4,7-8,15-18H2,1-2H3,(H,26,28). The largest absolute Gasteiger partial charge is 0.462 e. The number of benzene rings is 2. The highest BCUT2D eigenvalue weighted by atomic mass is 16.5. The topological polar surface area (TPSA) is 67.9 Å². The van der Waals surface area contributed by atoms with Gasteiger partial charge in [-0.3, -0.25) is 4.79 Å². The van der Waals surface area contributed by atoms with E-state index in [1.165, 1.54) is 24.9 Å². The summed E-state index contributed by atoms with van der Waals surface area (Å²) in [6.07, 6.45) is 3.88. The van der Waals surface area contributed by atoms with E-state index in [0.29, 0.717) is 18.8 Å². The van der Waals surface area contributed by atoms with Gasteiger partial charge in [-0.25, -0.2) is 4.79 Å². The van der Waals surface area contributed by atoms with Gasteiger partial charge in [0, 0.05) is 31.5 Å². The molecule has 31 heavy (non-hydrogen) atoms. The second-order valence-electron chi connectivity index (χ2n) is 7.78. The number of ether oxygens (including phenoxy) is 2. The number of para-hydroxylation sites is 1. The van der Waals surface area contributed by atoms with Crippen LogP contribution in [0.3, 0.4) is 0 Å². The Morgan fingerprint density at radius 2 is 1.74 bits per heavy atom. The van der Waals surface area contributed by atoms with Crippen LogP contribution in [0.2, 0.25) is 0 Å². The van der Waals surface area contributed by atoms with Crippen molar-refractivity contribution in [3.05, 3.63) is 65.2 Å². The number of esters is 1. The van der Waals surface area contributed by atoms with Crippen LogP contribution in [0.15, 0.2) is 48.5 Å². The summed E-state index contributed by atoms with van der Waals surface area (Å²) in [5.41, 5.74) is 3.57. The third-order valence-electron chi connectivity index (χ3n) is 5.51. The van der Waals surface area contributed by atoms with E-state index < -0.39 is 0 Å². The van der Waals surface area contributed by atoms with Crippen molar-refractivity contribution in [3.8, 4) is 0 Å². The summed E-state index contributed by atoms with van der Waals surface area (Å²) in [4.78, 5) is 27.0. The molecule has 1 aliphatic heterocycles. The van der Waals surface area contributed by atoms with Crippen molar-refractivity contribution in [1.29, 1.82) is 0 Å². The maximum absolute atomic E-state index is 12.8. The SMILES string of the molecule is CCOC(=O)c1ccc(CC(=O)NC(COC)c2ccccc2N2CCCCC2)cc1. The van der Waals surface area contributed by atoms with Gasteiger partial charge in [-0.05, 0) is 49.9 Å². The van der Waals surface area contributed by atoms with Crippen molar-refractivity contribution < 1.29 is 19.1 Å². The number of hydrogen-bond donors (Lipinski definition) is 1. The molecule has 166 valence electrons. The van der Waals surface area contributed by atoms with E-state index in [-0.39, 0.29) is 24.3 Å². The van der Waals surface area contributed by atoms with Gasteiger partial charge in [0.1, 0.15) is 0 Å². The highest BCUT2D eigenvalue weighted by Gasteiger charge is 2.22. The molecule has 1 heterocycles. The molecule has 1 fully saturated rings. The van der Waals surface area contributed by atoms with Crippen LogP contribution in [-0.4, -0.2) is 45.3 Å². The first kappa shape index (κ1) is 22.8. The predicted molar refractivity (Wildman–Crippen MR) is 121 cm³/mol. The Kier molecular flexibility index (Phi) is 8.47. The Morgan fingerprint density at radius 1 is 1.03 bits per heavy atom. The van der Waals surface area contributed by atoms with E-state index in [0.717, 1.165) is 24.2 Å². The minimum Gasteiger partial charge on any atom is -0.462 e. The van der Waals surface area contributed by atoms with Crippen molar-refractivity contribution in [1.82, 2.24) is 5.32 Å². The van der Waals surface area contributed by atoms with Crippen LogP contribution in [-0.2, 0) is 20.7 Å². The lowest BCUT2D eigenvalue weighted by atomic mass is 10.0. The molecule has 6 nitrogen and oxygen atoms in total. The molecule has 0 spiro atoms. The summed E-state index contributed by atoms with van der Waals surface area (Å²) in [7, 11) is 1.65. The Hall–Kier alpha value is -2.86. The van der Waals surface area contributed by atoms with E-state index in [4.69, 9.17) is 9.47 Å². The predicted octanol–water partition coefficient (Wildman–Crippen LogP) is 3.90. The lowest BCUT2D eigenvalue weighted by molar-refractivity contribution is -0.121. The third-order valence-corrected chi connectivity index (χ3v) is 5.51. The van der Waals surface area contributed by atoms with E-state index in [2.05, 4.69) is 22.3 Å². The van der Waals surface area contributed by atoms with E-state index in [1.807, 2.05) is 12.1 Å². The van der Waals surface area contributed by atoms with Crippen molar-refractivity contribution >= 4 is 17.6 Å². The van der Waals surface area contributed by atoms with E-state index in [9.17, 15) is 9.59 Å². The van der Waals surface area contributed by atoms with Crippen LogP contribution < -0.4 is 10.2 Å². The van der Waals surface area contributed by atoms with Gasteiger partial charge in [0.05, 0.1) is 31.2 Å². The van der Waals surface area contributed by atoms with Crippen LogP contribution >= 0.6 is 0 Å². The number of rotatable bonds is 9. The van der Waals surface area contributed by atoms with Gasteiger partial charge >= 0.3 is 5.97 Å². The number of carbonyl (C=O) groups excluding carboxylic acids is 2. The Balaban J connectivity index is 1.69. The van der Waals surface area contributed by atoms with Gasteiger partial charge in [0.15, 0.2) is 0 Å². The summed E-state index contributed by atoms with van der Waals surface area (Å²) >= 11 is 0.